The normalized spacial score (nSPS) is 13.3. The average molecular weight is 554 g/mol. The van der Waals surface area contributed by atoms with Crippen LogP contribution in [-0.2, 0) is 30.3 Å². The van der Waals surface area contributed by atoms with Crippen molar-refractivity contribution in [2.45, 2.75) is 52.4 Å². The van der Waals surface area contributed by atoms with Crippen molar-refractivity contribution in [3.05, 3.63) is 61.8 Å². The number of carbonyl (C=O) groups is 4. The molecule has 0 radical (unpaired) electrons. The van der Waals surface area contributed by atoms with E-state index in [1.165, 1.54) is 12.1 Å². The smallest absolute Gasteiger partial charge is 0.334 e. The molecule has 0 saturated carbocycles. The first-order chi connectivity index (χ1) is 17.7. The van der Waals surface area contributed by atoms with Crippen molar-refractivity contribution in [2.75, 3.05) is 18.1 Å². The Balaban J connectivity index is 2.14. The van der Waals surface area contributed by atoms with Crippen molar-refractivity contribution in [1.29, 1.82) is 0 Å². The molecule has 0 spiro atoms. The van der Waals surface area contributed by atoms with Crippen molar-refractivity contribution in [3.63, 3.8) is 0 Å². The van der Waals surface area contributed by atoms with E-state index in [2.05, 4.69) is 0 Å². The fraction of sp³-hybridized carbons (Fsp3) is 0.385. The van der Waals surface area contributed by atoms with Gasteiger partial charge in [0.15, 0.2) is 0 Å². The molecule has 11 heteroatoms. The molecule has 1 aliphatic carbocycles. The molecule has 198 valence electrons. The second kappa shape index (κ2) is 12.9. The van der Waals surface area contributed by atoms with E-state index in [0.717, 1.165) is 12.1 Å². The average Bonchev–Trinajstić information content (AvgIpc) is 3.15. The number of thiophene rings is 1. The Labute approximate surface area is 222 Å². The van der Waals surface area contributed by atoms with Crippen LogP contribution in [0.15, 0.2) is 35.4 Å². The standard InChI is InChI=1S/C26H26ClF2NO6S/c1-3-12-36-26(34)18-11-6-5-10-17(18)25(33)30(24(32)15-8-7-9-16(28)13-15)22-21(27)19(37-23(22)29)14-20(31)35-4-2/h7-9,13H,3-6,10-12,14H2,1-2H3. The number of imide groups is 1. The summed E-state index contributed by atoms with van der Waals surface area (Å²) >= 11 is 6.91. The van der Waals surface area contributed by atoms with E-state index in [1.54, 1.807) is 6.92 Å². The number of rotatable bonds is 9. The summed E-state index contributed by atoms with van der Waals surface area (Å²) in [5, 5.41) is -1.31. The molecule has 1 heterocycles. The monoisotopic (exact) mass is 553 g/mol. The minimum Gasteiger partial charge on any atom is -0.466 e. The molecule has 1 aromatic heterocycles. The van der Waals surface area contributed by atoms with Gasteiger partial charge in [-0.3, -0.25) is 14.4 Å². The summed E-state index contributed by atoms with van der Waals surface area (Å²) in [5.41, 5.74) is -0.677. The summed E-state index contributed by atoms with van der Waals surface area (Å²) < 4.78 is 39.4. The molecule has 0 saturated heterocycles. The maximum Gasteiger partial charge on any atom is 0.334 e. The second-order valence-electron chi connectivity index (χ2n) is 8.20. The van der Waals surface area contributed by atoms with Gasteiger partial charge in [-0.2, -0.15) is 4.39 Å². The zero-order chi connectivity index (χ0) is 27.1. The van der Waals surface area contributed by atoms with Gasteiger partial charge in [-0.05, 0) is 57.2 Å². The van der Waals surface area contributed by atoms with E-state index in [1.807, 2.05) is 6.92 Å². The van der Waals surface area contributed by atoms with Gasteiger partial charge < -0.3 is 9.47 Å². The lowest BCUT2D eigenvalue weighted by molar-refractivity contribution is -0.142. The van der Waals surface area contributed by atoms with Gasteiger partial charge in [0.25, 0.3) is 11.8 Å². The summed E-state index contributed by atoms with van der Waals surface area (Å²) in [6.07, 6.45) is 1.79. The minimum atomic E-state index is -1.04. The lowest BCUT2D eigenvalue weighted by Crippen LogP contribution is -2.40. The van der Waals surface area contributed by atoms with Crippen LogP contribution < -0.4 is 4.90 Å². The maximum absolute atomic E-state index is 15.3. The van der Waals surface area contributed by atoms with Gasteiger partial charge in [-0.15, -0.1) is 11.3 Å². The molecule has 0 N–H and O–H groups in total. The van der Waals surface area contributed by atoms with Crippen LogP contribution in [0.1, 0.15) is 61.2 Å². The summed E-state index contributed by atoms with van der Waals surface area (Å²) in [5.74, 6) is -4.08. The molecule has 0 unspecified atom stereocenters. The van der Waals surface area contributed by atoms with E-state index < -0.39 is 40.4 Å². The van der Waals surface area contributed by atoms with Crippen LogP contribution in [0.25, 0.3) is 0 Å². The number of carbonyl (C=O) groups excluding carboxylic acids is 4. The highest BCUT2D eigenvalue weighted by Crippen LogP contribution is 2.41. The minimum absolute atomic E-state index is 0.00529. The molecule has 1 aliphatic rings. The highest BCUT2D eigenvalue weighted by Gasteiger charge is 2.37. The SMILES string of the molecule is CCCOC(=O)C1=C(C(=O)N(C(=O)c2cccc(F)c2)c2c(F)sc(CC(=O)OCC)c2Cl)CCCC1. The van der Waals surface area contributed by atoms with Gasteiger partial charge in [0.05, 0.1) is 24.7 Å². The molecule has 3 rings (SSSR count). The van der Waals surface area contributed by atoms with Crippen molar-refractivity contribution < 1.29 is 37.4 Å². The van der Waals surface area contributed by atoms with E-state index in [0.29, 0.717) is 35.5 Å². The van der Waals surface area contributed by atoms with Gasteiger partial charge in [-0.25, -0.2) is 14.1 Å². The van der Waals surface area contributed by atoms with E-state index in [-0.39, 0.29) is 59.1 Å². The predicted molar refractivity (Wildman–Crippen MR) is 135 cm³/mol. The van der Waals surface area contributed by atoms with Crippen LogP contribution in [0.2, 0.25) is 5.02 Å². The summed E-state index contributed by atoms with van der Waals surface area (Å²) in [6, 6.07) is 4.57. The van der Waals surface area contributed by atoms with Crippen LogP contribution in [0.4, 0.5) is 14.5 Å². The first-order valence-electron chi connectivity index (χ1n) is 11.8. The van der Waals surface area contributed by atoms with Crippen LogP contribution >= 0.6 is 22.9 Å². The summed E-state index contributed by atoms with van der Waals surface area (Å²) in [6.45, 7) is 3.69. The molecular weight excluding hydrogens is 528 g/mol. The third-order valence-electron chi connectivity index (χ3n) is 5.57. The number of benzene rings is 1. The van der Waals surface area contributed by atoms with Crippen LogP contribution in [0.3, 0.4) is 0 Å². The molecule has 1 aromatic carbocycles. The highest BCUT2D eigenvalue weighted by atomic mass is 35.5. The summed E-state index contributed by atoms with van der Waals surface area (Å²) in [4.78, 5) is 52.7. The van der Waals surface area contributed by atoms with Gasteiger partial charge in [0.2, 0.25) is 5.13 Å². The van der Waals surface area contributed by atoms with E-state index >= 15 is 4.39 Å². The molecule has 7 nitrogen and oxygen atoms in total. The number of amides is 2. The molecular formula is C26H26ClF2NO6S. The quantitative estimate of drug-likeness (QED) is 0.289. The van der Waals surface area contributed by atoms with Crippen LogP contribution in [0.5, 0.6) is 0 Å². The number of ether oxygens (including phenoxy) is 2. The maximum atomic E-state index is 15.3. The fourth-order valence-electron chi connectivity index (χ4n) is 3.89. The number of esters is 2. The lowest BCUT2D eigenvalue weighted by atomic mass is 9.90. The predicted octanol–water partition coefficient (Wildman–Crippen LogP) is 5.78. The topological polar surface area (TPSA) is 90.0 Å². The van der Waals surface area contributed by atoms with Gasteiger partial charge >= 0.3 is 11.9 Å². The van der Waals surface area contributed by atoms with Gasteiger partial charge in [0.1, 0.15) is 11.5 Å². The zero-order valence-electron chi connectivity index (χ0n) is 20.4. The Morgan fingerprint density at radius 3 is 2.38 bits per heavy atom. The Bertz CT molecular complexity index is 1240. The third kappa shape index (κ3) is 6.61. The van der Waals surface area contributed by atoms with Crippen molar-refractivity contribution in [3.8, 4) is 0 Å². The number of anilines is 1. The molecule has 2 aromatic rings. The largest absolute Gasteiger partial charge is 0.466 e. The highest BCUT2D eigenvalue weighted by molar-refractivity contribution is 7.11. The zero-order valence-corrected chi connectivity index (χ0v) is 22.0. The first kappa shape index (κ1) is 28.5. The molecule has 0 atom stereocenters. The molecule has 2 amide bonds. The molecule has 0 bridgehead atoms. The van der Waals surface area contributed by atoms with Crippen molar-refractivity contribution in [2.24, 2.45) is 0 Å². The number of hydrogen-bond acceptors (Lipinski definition) is 7. The van der Waals surface area contributed by atoms with E-state index in [9.17, 15) is 23.6 Å². The second-order valence-corrected chi connectivity index (χ2v) is 9.63. The summed E-state index contributed by atoms with van der Waals surface area (Å²) in [7, 11) is 0. The number of nitrogens with zero attached hydrogens (tertiary/aromatic N) is 1. The first-order valence-corrected chi connectivity index (χ1v) is 13.0. The van der Waals surface area contributed by atoms with Crippen molar-refractivity contribution in [1.82, 2.24) is 0 Å². The Hall–Kier alpha value is -3.11. The van der Waals surface area contributed by atoms with Gasteiger partial charge in [-0.1, -0.05) is 24.6 Å². The Morgan fingerprint density at radius 1 is 1.03 bits per heavy atom. The van der Waals surface area contributed by atoms with Gasteiger partial charge in [0, 0.05) is 21.6 Å². The van der Waals surface area contributed by atoms with E-state index in [4.69, 9.17) is 21.1 Å². The number of halogens is 3. The number of hydrogen-bond donors (Lipinski definition) is 0. The molecule has 37 heavy (non-hydrogen) atoms. The lowest BCUT2D eigenvalue weighted by Gasteiger charge is -2.25. The van der Waals surface area contributed by atoms with Crippen molar-refractivity contribution >= 4 is 52.4 Å². The molecule has 0 aliphatic heterocycles. The Morgan fingerprint density at radius 2 is 1.73 bits per heavy atom. The molecule has 0 fully saturated rings. The Kier molecular flexibility index (Phi) is 9.93. The van der Waals surface area contributed by atoms with Crippen LogP contribution in [0, 0.1) is 10.9 Å². The van der Waals surface area contributed by atoms with Crippen LogP contribution in [-0.4, -0.2) is 37.0 Å². The fourth-order valence-corrected chi connectivity index (χ4v) is 5.18. The third-order valence-corrected chi connectivity index (χ3v) is 7.06.